The molecule has 0 amide bonds. The fourth-order valence-corrected chi connectivity index (χ4v) is 0.834. The molecule has 0 atom stereocenters. The number of aromatic amines is 1. The standard InChI is InChI=1S/C6H5N3S/c7-3-4-5(10)1-2-9-6(4)8/h1-2H,(H3,8,9,10). The van der Waals surface area contributed by atoms with E-state index in [1.807, 2.05) is 6.07 Å². The van der Waals surface area contributed by atoms with Crippen molar-refractivity contribution in [1.82, 2.24) is 4.98 Å². The number of anilines is 1. The van der Waals surface area contributed by atoms with Gasteiger partial charge in [0, 0.05) is 6.20 Å². The summed E-state index contributed by atoms with van der Waals surface area (Å²) in [5.74, 6) is 0.329. The van der Waals surface area contributed by atoms with E-state index >= 15 is 0 Å². The lowest BCUT2D eigenvalue weighted by Crippen LogP contribution is -1.93. The van der Waals surface area contributed by atoms with Gasteiger partial charge in [-0.05, 0) is 6.07 Å². The maximum absolute atomic E-state index is 8.48. The lowest BCUT2D eigenvalue weighted by molar-refractivity contribution is 1.30. The van der Waals surface area contributed by atoms with Crippen molar-refractivity contribution in [2.24, 2.45) is 0 Å². The molecule has 4 heteroatoms. The lowest BCUT2D eigenvalue weighted by Gasteiger charge is -1.93. The summed E-state index contributed by atoms with van der Waals surface area (Å²) in [6.45, 7) is 0. The molecular weight excluding hydrogens is 146 g/mol. The van der Waals surface area contributed by atoms with E-state index in [0.29, 0.717) is 15.9 Å². The zero-order valence-corrected chi connectivity index (χ0v) is 5.90. The number of hydrogen-bond acceptors (Lipinski definition) is 3. The predicted molar refractivity (Wildman–Crippen MR) is 40.8 cm³/mol. The first-order valence-corrected chi connectivity index (χ1v) is 3.04. The number of aromatic nitrogens is 1. The molecule has 0 unspecified atom stereocenters. The average Bonchev–Trinajstić information content (AvgIpc) is 1.88. The largest absolute Gasteiger partial charge is 0.384 e. The van der Waals surface area contributed by atoms with Crippen molar-refractivity contribution < 1.29 is 0 Å². The Balaban J connectivity index is 3.50. The molecular formula is C6H5N3S. The van der Waals surface area contributed by atoms with Gasteiger partial charge in [0.1, 0.15) is 17.5 Å². The second-order valence-electron chi connectivity index (χ2n) is 1.74. The fourth-order valence-electron chi connectivity index (χ4n) is 0.611. The highest BCUT2D eigenvalue weighted by Gasteiger charge is 1.96. The van der Waals surface area contributed by atoms with Gasteiger partial charge in [0.25, 0.3) is 0 Å². The minimum atomic E-state index is 0.329. The molecule has 3 N–H and O–H groups in total. The number of pyridine rings is 1. The van der Waals surface area contributed by atoms with E-state index in [0.717, 1.165) is 0 Å². The van der Waals surface area contributed by atoms with Crippen LogP contribution in [0.25, 0.3) is 0 Å². The molecule has 0 saturated carbocycles. The van der Waals surface area contributed by atoms with Crippen LogP contribution in [-0.4, -0.2) is 4.98 Å². The van der Waals surface area contributed by atoms with Gasteiger partial charge in [-0.25, -0.2) is 0 Å². The first kappa shape index (κ1) is 6.78. The van der Waals surface area contributed by atoms with Crippen LogP contribution in [0.4, 0.5) is 5.82 Å². The summed E-state index contributed by atoms with van der Waals surface area (Å²) in [4.78, 5) is 2.68. The first-order valence-electron chi connectivity index (χ1n) is 2.63. The molecule has 0 bridgehead atoms. The Labute approximate surface area is 63.1 Å². The zero-order valence-electron chi connectivity index (χ0n) is 5.09. The monoisotopic (exact) mass is 151 g/mol. The molecule has 3 nitrogen and oxygen atoms in total. The number of nitrogen functional groups attached to an aromatic ring is 1. The minimum absolute atomic E-state index is 0.329. The predicted octanol–water partition coefficient (Wildman–Crippen LogP) is 1.20. The van der Waals surface area contributed by atoms with Crippen molar-refractivity contribution in [3.8, 4) is 6.07 Å². The zero-order chi connectivity index (χ0) is 7.56. The first-order chi connectivity index (χ1) is 4.75. The Kier molecular flexibility index (Phi) is 1.69. The van der Waals surface area contributed by atoms with E-state index in [1.165, 1.54) is 0 Å². The molecule has 10 heavy (non-hydrogen) atoms. The summed E-state index contributed by atoms with van der Waals surface area (Å²) < 4.78 is 0.485. The van der Waals surface area contributed by atoms with Crippen LogP contribution in [0.15, 0.2) is 12.3 Å². The van der Waals surface area contributed by atoms with Gasteiger partial charge in [0.05, 0.1) is 4.51 Å². The average molecular weight is 151 g/mol. The van der Waals surface area contributed by atoms with Crippen molar-refractivity contribution in [2.45, 2.75) is 0 Å². The number of hydrogen-bond donors (Lipinski definition) is 2. The summed E-state index contributed by atoms with van der Waals surface area (Å²) in [5.41, 5.74) is 5.73. The van der Waals surface area contributed by atoms with Crippen LogP contribution in [-0.2, 0) is 0 Å². The number of nitrogens with two attached hydrogens (primary N) is 1. The SMILES string of the molecule is N#Cc1c(N)[nH]ccc1=S. The van der Waals surface area contributed by atoms with Gasteiger partial charge in [-0.15, -0.1) is 0 Å². The molecule has 0 aromatic carbocycles. The van der Waals surface area contributed by atoms with Crippen LogP contribution in [0.5, 0.6) is 0 Å². The molecule has 0 saturated heterocycles. The maximum atomic E-state index is 8.48. The Morgan fingerprint density at radius 1 is 1.70 bits per heavy atom. The van der Waals surface area contributed by atoms with Crippen LogP contribution in [0.1, 0.15) is 5.56 Å². The van der Waals surface area contributed by atoms with Crippen LogP contribution < -0.4 is 5.73 Å². The van der Waals surface area contributed by atoms with Crippen molar-refractivity contribution in [3.05, 3.63) is 22.3 Å². The molecule has 1 aromatic rings. The maximum Gasteiger partial charge on any atom is 0.120 e. The van der Waals surface area contributed by atoms with Gasteiger partial charge in [-0.3, -0.25) is 0 Å². The Hall–Kier alpha value is -1.34. The summed E-state index contributed by atoms with van der Waals surface area (Å²) >= 11 is 4.82. The third-order valence-corrected chi connectivity index (χ3v) is 1.44. The molecule has 50 valence electrons. The topological polar surface area (TPSA) is 65.6 Å². The van der Waals surface area contributed by atoms with Crippen molar-refractivity contribution >= 4 is 18.0 Å². The highest BCUT2D eigenvalue weighted by atomic mass is 32.1. The fraction of sp³-hybridized carbons (Fsp3) is 0. The molecule has 1 rings (SSSR count). The van der Waals surface area contributed by atoms with Gasteiger partial charge >= 0.3 is 0 Å². The van der Waals surface area contributed by atoms with Crippen molar-refractivity contribution in [1.29, 1.82) is 5.26 Å². The lowest BCUT2D eigenvalue weighted by atomic mass is 10.3. The van der Waals surface area contributed by atoms with E-state index in [9.17, 15) is 0 Å². The van der Waals surface area contributed by atoms with Crippen LogP contribution in [0, 0.1) is 15.8 Å². The van der Waals surface area contributed by atoms with Gasteiger partial charge in [0.2, 0.25) is 0 Å². The summed E-state index contributed by atoms with van der Waals surface area (Å²) in [6.07, 6.45) is 1.61. The van der Waals surface area contributed by atoms with Crippen LogP contribution in [0.2, 0.25) is 0 Å². The highest BCUT2D eigenvalue weighted by Crippen LogP contribution is 2.06. The van der Waals surface area contributed by atoms with Crippen molar-refractivity contribution in [2.75, 3.05) is 5.73 Å². The molecule has 0 fully saturated rings. The normalized spacial score (nSPS) is 8.70. The second kappa shape index (κ2) is 2.50. The number of nitriles is 1. The molecule has 0 aliphatic rings. The molecule has 1 heterocycles. The number of rotatable bonds is 0. The minimum Gasteiger partial charge on any atom is -0.384 e. The Morgan fingerprint density at radius 2 is 2.40 bits per heavy atom. The number of H-pyrrole nitrogens is 1. The Morgan fingerprint density at radius 3 is 2.80 bits per heavy atom. The highest BCUT2D eigenvalue weighted by molar-refractivity contribution is 7.71. The van der Waals surface area contributed by atoms with E-state index in [1.54, 1.807) is 12.3 Å². The van der Waals surface area contributed by atoms with Gasteiger partial charge in [-0.2, -0.15) is 5.26 Å². The molecule has 0 radical (unpaired) electrons. The van der Waals surface area contributed by atoms with Crippen molar-refractivity contribution in [3.63, 3.8) is 0 Å². The summed E-state index contributed by atoms with van der Waals surface area (Å²) in [6, 6.07) is 3.53. The van der Waals surface area contributed by atoms with Gasteiger partial charge in [0.15, 0.2) is 0 Å². The number of nitrogens with zero attached hydrogens (tertiary/aromatic N) is 1. The molecule has 0 aliphatic carbocycles. The van der Waals surface area contributed by atoms with E-state index < -0.39 is 0 Å². The van der Waals surface area contributed by atoms with Gasteiger partial charge in [-0.1, -0.05) is 12.2 Å². The molecule has 0 aliphatic heterocycles. The van der Waals surface area contributed by atoms with E-state index in [4.69, 9.17) is 23.2 Å². The third kappa shape index (κ3) is 0.993. The molecule has 1 aromatic heterocycles. The third-order valence-electron chi connectivity index (χ3n) is 1.10. The van der Waals surface area contributed by atoms with E-state index in [-0.39, 0.29) is 0 Å². The summed E-state index contributed by atoms with van der Waals surface area (Å²) in [5, 5.41) is 8.48. The van der Waals surface area contributed by atoms with E-state index in [2.05, 4.69) is 4.98 Å². The molecule has 0 spiro atoms. The quantitative estimate of drug-likeness (QED) is 0.547. The van der Waals surface area contributed by atoms with Crippen LogP contribution in [0.3, 0.4) is 0 Å². The summed E-state index contributed by atoms with van der Waals surface area (Å²) in [7, 11) is 0. The smallest absolute Gasteiger partial charge is 0.120 e. The van der Waals surface area contributed by atoms with Gasteiger partial charge < -0.3 is 10.7 Å². The number of nitrogens with one attached hydrogen (secondary N) is 1. The second-order valence-corrected chi connectivity index (χ2v) is 2.18. The van der Waals surface area contributed by atoms with Crippen LogP contribution >= 0.6 is 12.2 Å². The Bertz CT molecular complexity index is 334.